The predicted octanol–water partition coefficient (Wildman–Crippen LogP) is 4.12. The van der Waals surface area contributed by atoms with Gasteiger partial charge in [-0.05, 0) is 60.3 Å². The number of thiocarbonyl (C=S) groups is 1. The zero-order chi connectivity index (χ0) is 16.1. The number of hydrogen-bond donors (Lipinski definition) is 2. The van der Waals surface area contributed by atoms with Gasteiger partial charge < -0.3 is 10.6 Å². The van der Waals surface area contributed by atoms with E-state index in [0.29, 0.717) is 11.5 Å². The van der Waals surface area contributed by atoms with Crippen LogP contribution in [0.15, 0.2) is 48.5 Å². The Kier molecular flexibility index (Phi) is 4.89. The van der Waals surface area contributed by atoms with Crippen LogP contribution in [0.2, 0.25) is 0 Å². The summed E-state index contributed by atoms with van der Waals surface area (Å²) in [6, 6.07) is 18.8. The summed E-state index contributed by atoms with van der Waals surface area (Å²) in [4.78, 5) is 0. The molecule has 2 N–H and O–H groups in total. The minimum absolute atomic E-state index is 0.276. The summed E-state index contributed by atoms with van der Waals surface area (Å²) in [5.41, 5.74) is 4.72. The Morgan fingerprint density at radius 2 is 1.96 bits per heavy atom. The van der Waals surface area contributed by atoms with Gasteiger partial charge in [-0.2, -0.15) is 5.26 Å². The minimum Gasteiger partial charge on any atom is -0.356 e. The van der Waals surface area contributed by atoms with Gasteiger partial charge >= 0.3 is 0 Å². The second-order valence-electron chi connectivity index (χ2n) is 5.77. The summed E-state index contributed by atoms with van der Waals surface area (Å²) in [5, 5.41) is 16.0. The Labute approximate surface area is 142 Å². The molecular weight excluding hydrogens is 302 g/mol. The summed E-state index contributed by atoms with van der Waals surface area (Å²) >= 11 is 5.46. The lowest BCUT2D eigenvalue weighted by molar-refractivity contribution is 0.529. The van der Waals surface area contributed by atoms with Crippen LogP contribution in [0.3, 0.4) is 0 Å². The minimum atomic E-state index is 0.276. The lowest BCUT2D eigenvalue weighted by atomic mass is 9.88. The van der Waals surface area contributed by atoms with Crippen molar-refractivity contribution in [2.75, 3.05) is 5.32 Å². The molecule has 0 spiro atoms. The molecule has 1 aliphatic carbocycles. The fraction of sp³-hybridized carbons (Fsp3) is 0.263. The number of fused-ring (bicyclic) bond motifs is 1. The van der Waals surface area contributed by atoms with Crippen LogP contribution in [0.5, 0.6) is 0 Å². The maximum absolute atomic E-state index is 8.70. The van der Waals surface area contributed by atoms with Crippen molar-refractivity contribution < 1.29 is 0 Å². The predicted molar refractivity (Wildman–Crippen MR) is 97.2 cm³/mol. The van der Waals surface area contributed by atoms with Gasteiger partial charge in [0.2, 0.25) is 0 Å². The number of rotatable bonds is 3. The number of nitrogens with zero attached hydrogens (tertiary/aromatic N) is 1. The molecule has 1 atom stereocenters. The zero-order valence-electron chi connectivity index (χ0n) is 12.9. The molecule has 0 saturated carbocycles. The van der Waals surface area contributed by atoms with Crippen molar-refractivity contribution in [1.29, 1.82) is 5.26 Å². The molecule has 0 amide bonds. The third-order valence-electron chi connectivity index (χ3n) is 4.17. The van der Waals surface area contributed by atoms with Crippen molar-refractivity contribution in [3.63, 3.8) is 0 Å². The Balaban J connectivity index is 1.63. The maximum Gasteiger partial charge on any atom is 0.171 e. The van der Waals surface area contributed by atoms with Crippen LogP contribution in [-0.4, -0.2) is 5.11 Å². The first-order valence-corrected chi connectivity index (χ1v) is 8.28. The Bertz CT molecular complexity index is 731. The Morgan fingerprint density at radius 3 is 2.74 bits per heavy atom. The van der Waals surface area contributed by atoms with Crippen molar-refractivity contribution >= 4 is 23.0 Å². The van der Waals surface area contributed by atoms with Crippen LogP contribution in [-0.2, 0) is 12.8 Å². The maximum atomic E-state index is 8.70. The molecule has 0 fully saturated rings. The van der Waals surface area contributed by atoms with Crippen LogP contribution in [0.25, 0.3) is 0 Å². The van der Waals surface area contributed by atoms with Gasteiger partial charge in [-0.25, -0.2) is 0 Å². The number of nitrogens with one attached hydrogen (secondary N) is 2. The first kappa shape index (κ1) is 15.5. The van der Waals surface area contributed by atoms with Gasteiger partial charge in [-0.15, -0.1) is 0 Å². The number of anilines is 1. The van der Waals surface area contributed by atoms with Crippen molar-refractivity contribution in [3.8, 4) is 6.07 Å². The topological polar surface area (TPSA) is 47.9 Å². The molecular formula is C19H19N3S. The van der Waals surface area contributed by atoms with Crippen molar-refractivity contribution in [3.05, 3.63) is 65.2 Å². The molecule has 23 heavy (non-hydrogen) atoms. The van der Waals surface area contributed by atoms with E-state index in [4.69, 9.17) is 17.5 Å². The molecule has 0 unspecified atom stereocenters. The number of nitriles is 1. The van der Waals surface area contributed by atoms with Crippen molar-refractivity contribution in [2.24, 2.45) is 0 Å². The lowest BCUT2D eigenvalue weighted by Gasteiger charge is -2.27. The van der Waals surface area contributed by atoms with E-state index in [1.54, 1.807) is 0 Å². The summed E-state index contributed by atoms with van der Waals surface area (Å²) in [6.45, 7) is 0. The number of hydrogen-bond acceptors (Lipinski definition) is 2. The Hall–Kier alpha value is -2.38. The number of benzene rings is 2. The molecule has 3 rings (SSSR count). The van der Waals surface area contributed by atoms with Crippen LogP contribution in [0.4, 0.5) is 5.69 Å². The van der Waals surface area contributed by atoms with Crippen LogP contribution in [0.1, 0.15) is 35.6 Å². The third-order valence-corrected chi connectivity index (χ3v) is 4.39. The monoisotopic (exact) mass is 321 g/mol. The molecule has 3 nitrogen and oxygen atoms in total. The average Bonchev–Trinajstić information content (AvgIpc) is 2.57. The molecule has 1 aliphatic rings. The zero-order valence-corrected chi connectivity index (χ0v) is 13.7. The van der Waals surface area contributed by atoms with Crippen LogP contribution in [0, 0.1) is 11.3 Å². The van der Waals surface area contributed by atoms with E-state index in [2.05, 4.69) is 41.0 Å². The van der Waals surface area contributed by atoms with E-state index in [1.807, 2.05) is 24.3 Å². The van der Waals surface area contributed by atoms with E-state index in [9.17, 15) is 0 Å². The number of aryl methyl sites for hydroxylation is 1. The molecule has 116 valence electrons. The molecule has 4 heteroatoms. The normalized spacial score (nSPS) is 16.0. The van der Waals surface area contributed by atoms with Gasteiger partial charge in [-0.3, -0.25) is 0 Å². The molecule has 2 aromatic rings. The first-order chi connectivity index (χ1) is 11.3. The van der Waals surface area contributed by atoms with E-state index in [0.717, 1.165) is 24.1 Å². The Morgan fingerprint density at radius 1 is 1.17 bits per heavy atom. The van der Waals surface area contributed by atoms with E-state index in [-0.39, 0.29) is 6.04 Å². The van der Waals surface area contributed by atoms with Gasteiger partial charge in [0.1, 0.15) is 0 Å². The van der Waals surface area contributed by atoms with Crippen LogP contribution < -0.4 is 10.6 Å². The second kappa shape index (κ2) is 7.26. The van der Waals surface area contributed by atoms with Gasteiger partial charge in [0.05, 0.1) is 18.5 Å². The first-order valence-electron chi connectivity index (χ1n) is 7.87. The standard InChI is InChI=1S/C19H19N3S/c20-13-12-14-8-10-16(11-9-14)21-19(23)22-18-7-3-5-15-4-1-2-6-17(15)18/h1-2,4,6,8-11,18H,3,5,7,12H2,(H2,21,22,23)/t18-/m0/s1. The molecule has 0 aromatic heterocycles. The molecule has 2 aromatic carbocycles. The molecule has 0 bridgehead atoms. The van der Waals surface area contributed by atoms with Gasteiger partial charge in [0, 0.05) is 5.69 Å². The fourth-order valence-electron chi connectivity index (χ4n) is 3.03. The molecule has 0 heterocycles. The van der Waals surface area contributed by atoms with Crippen LogP contribution >= 0.6 is 12.2 Å². The third kappa shape index (κ3) is 3.88. The van der Waals surface area contributed by atoms with Gasteiger partial charge in [0.25, 0.3) is 0 Å². The molecule has 0 radical (unpaired) electrons. The van der Waals surface area contributed by atoms with Crippen molar-refractivity contribution in [2.45, 2.75) is 31.7 Å². The largest absolute Gasteiger partial charge is 0.356 e. The highest BCUT2D eigenvalue weighted by Crippen LogP contribution is 2.29. The average molecular weight is 321 g/mol. The molecule has 0 aliphatic heterocycles. The smallest absolute Gasteiger partial charge is 0.171 e. The van der Waals surface area contributed by atoms with Crippen molar-refractivity contribution in [1.82, 2.24) is 5.32 Å². The second-order valence-corrected chi connectivity index (χ2v) is 6.18. The van der Waals surface area contributed by atoms with Gasteiger partial charge in [0.15, 0.2) is 5.11 Å². The SMILES string of the molecule is N#CCc1ccc(NC(=S)N[C@H]2CCCc3ccccc32)cc1. The summed E-state index contributed by atoms with van der Waals surface area (Å²) < 4.78 is 0. The van der Waals surface area contributed by atoms with E-state index < -0.39 is 0 Å². The summed E-state index contributed by atoms with van der Waals surface area (Å²) in [5.74, 6) is 0. The fourth-order valence-corrected chi connectivity index (χ4v) is 3.29. The lowest BCUT2D eigenvalue weighted by Crippen LogP contribution is -2.34. The van der Waals surface area contributed by atoms with E-state index in [1.165, 1.54) is 17.5 Å². The summed E-state index contributed by atoms with van der Waals surface area (Å²) in [7, 11) is 0. The van der Waals surface area contributed by atoms with Gasteiger partial charge in [-0.1, -0.05) is 36.4 Å². The highest BCUT2D eigenvalue weighted by atomic mass is 32.1. The summed E-state index contributed by atoms with van der Waals surface area (Å²) in [6.07, 6.45) is 3.86. The quantitative estimate of drug-likeness (QED) is 0.835. The highest BCUT2D eigenvalue weighted by molar-refractivity contribution is 7.80. The highest BCUT2D eigenvalue weighted by Gasteiger charge is 2.20. The molecule has 0 saturated heterocycles. The van der Waals surface area contributed by atoms with E-state index >= 15 is 0 Å².